The van der Waals surface area contributed by atoms with E-state index in [1.165, 1.54) is 18.4 Å². The lowest BCUT2D eigenvalue weighted by Gasteiger charge is -2.24. The van der Waals surface area contributed by atoms with Gasteiger partial charge in [-0.05, 0) is 31.0 Å². The fraction of sp³-hybridized carbons (Fsp3) is 0.533. The molecule has 1 aliphatic heterocycles. The summed E-state index contributed by atoms with van der Waals surface area (Å²) in [5.74, 6) is -0.367. The average Bonchev–Trinajstić information content (AvgIpc) is 2.88. The molecule has 1 aliphatic rings. The summed E-state index contributed by atoms with van der Waals surface area (Å²) in [5.41, 5.74) is 7.48. The lowest BCUT2D eigenvalue weighted by Crippen LogP contribution is -2.41. The molecular weight excluding hydrogens is 338 g/mol. The van der Waals surface area contributed by atoms with Crippen molar-refractivity contribution in [3.8, 4) is 0 Å². The van der Waals surface area contributed by atoms with Crippen LogP contribution in [0, 0.1) is 5.92 Å². The molecule has 0 saturated heterocycles. The fourth-order valence-corrected chi connectivity index (χ4v) is 3.35. The van der Waals surface area contributed by atoms with Gasteiger partial charge in [0, 0.05) is 32.4 Å². The van der Waals surface area contributed by atoms with Crippen LogP contribution in [0.4, 0.5) is 5.69 Å². The number of nitrogens with two attached hydrogens (primary N) is 1. The maximum Gasteiger partial charge on any atom is 0.242 e. The van der Waals surface area contributed by atoms with E-state index in [0.29, 0.717) is 12.2 Å². The number of halogens is 1. The summed E-state index contributed by atoms with van der Waals surface area (Å²) in [5, 5.41) is 0. The van der Waals surface area contributed by atoms with Crippen LogP contribution in [0.5, 0.6) is 0 Å². The summed E-state index contributed by atoms with van der Waals surface area (Å²) < 4.78 is 25.7. The van der Waals surface area contributed by atoms with E-state index >= 15 is 0 Å². The van der Waals surface area contributed by atoms with E-state index in [1.807, 2.05) is 0 Å². The fourth-order valence-electron chi connectivity index (χ4n) is 2.43. The van der Waals surface area contributed by atoms with Gasteiger partial charge in [-0.1, -0.05) is 13.0 Å². The molecule has 1 aromatic carbocycles. The molecule has 0 bridgehead atoms. The van der Waals surface area contributed by atoms with Gasteiger partial charge in [0.1, 0.15) is 0 Å². The van der Waals surface area contributed by atoms with Crippen molar-refractivity contribution in [3.05, 3.63) is 23.8 Å². The van der Waals surface area contributed by atoms with Gasteiger partial charge in [-0.3, -0.25) is 4.79 Å². The Balaban J connectivity index is 0.00000264. The van der Waals surface area contributed by atoms with E-state index in [1.54, 1.807) is 36.9 Å². The van der Waals surface area contributed by atoms with Crippen LogP contribution in [0.3, 0.4) is 0 Å². The number of anilines is 1. The third-order valence-electron chi connectivity index (χ3n) is 4.18. The first-order valence-electron chi connectivity index (χ1n) is 7.28. The van der Waals surface area contributed by atoms with Crippen molar-refractivity contribution in [2.24, 2.45) is 11.7 Å². The maximum atomic E-state index is 12.5. The highest BCUT2D eigenvalue weighted by Gasteiger charge is 2.31. The summed E-state index contributed by atoms with van der Waals surface area (Å²) in [4.78, 5) is 14.4. The standard InChI is InChI=1S/C15H23N3O3S.ClH/c1-10(11(2)16)15(19)18-8-7-12-5-6-13(9-14(12)18)22(20,21)17(3)4;/h5-6,9-11H,7-8,16H2,1-4H3;1H. The van der Waals surface area contributed by atoms with Crippen molar-refractivity contribution < 1.29 is 13.2 Å². The van der Waals surface area contributed by atoms with Crippen molar-refractivity contribution in [1.29, 1.82) is 0 Å². The van der Waals surface area contributed by atoms with E-state index < -0.39 is 10.0 Å². The molecule has 6 nitrogen and oxygen atoms in total. The minimum absolute atomic E-state index is 0. The first-order chi connectivity index (χ1) is 10.2. The molecular formula is C15H24ClN3O3S. The number of carbonyl (C=O) groups excluding carboxylic acids is 1. The molecule has 0 aromatic heterocycles. The molecule has 0 aliphatic carbocycles. The zero-order valence-electron chi connectivity index (χ0n) is 13.8. The van der Waals surface area contributed by atoms with E-state index in [0.717, 1.165) is 12.0 Å². The van der Waals surface area contributed by atoms with Crippen LogP contribution in [0.25, 0.3) is 0 Å². The quantitative estimate of drug-likeness (QED) is 0.874. The van der Waals surface area contributed by atoms with Gasteiger partial charge in [-0.25, -0.2) is 12.7 Å². The average molecular weight is 362 g/mol. The molecule has 23 heavy (non-hydrogen) atoms. The van der Waals surface area contributed by atoms with Gasteiger partial charge < -0.3 is 10.6 Å². The molecule has 8 heteroatoms. The number of hydrogen-bond acceptors (Lipinski definition) is 4. The van der Waals surface area contributed by atoms with Gasteiger partial charge in [0.2, 0.25) is 15.9 Å². The van der Waals surface area contributed by atoms with Crippen LogP contribution < -0.4 is 10.6 Å². The van der Waals surface area contributed by atoms with Gasteiger partial charge in [-0.2, -0.15) is 0 Å². The summed E-state index contributed by atoms with van der Waals surface area (Å²) in [6, 6.07) is 4.72. The Bertz CT molecular complexity index is 689. The number of sulfonamides is 1. The van der Waals surface area contributed by atoms with Gasteiger partial charge in [0.15, 0.2) is 0 Å². The van der Waals surface area contributed by atoms with Crippen molar-refractivity contribution in [2.45, 2.75) is 31.2 Å². The number of hydrogen-bond donors (Lipinski definition) is 1. The van der Waals surface area contributed by atoms with Crippen LogP contribution in [-0.2, 0) is 21.2 Å². The predicted octanol–water partition coefficient (Wildman–Crippen LogP) is 1.23. The van der Waals surface area contributed by atoms with Crippen molar-refractivity contribution in [2.75, 3.05) is 25.5 Å². The molecule has 2 atom stereocenters. The summed E-state index contributed by atoms with van der Waals surface area (Å²) >= 11 is 0. The van der Waals surface area contributed by atoms with Crippen LogP contribution in [0.15, 0.2) is 23.1 Å². The zero-order chi connectivity index (χ0) is 16.7. The lowest BCUT2D eigenvalue weighted by molar-refractivity contribution is -0.122. The van der Waals surface area contributed by atoms with E-state index in [4.69, 9.17) is 5.73 Å². The third-order valence-corrected chi connectivity index (χ3v) is 5.99. The molecule has 0 fully saturated rings. The molecule has 0 radical (unpaired) electrons. The van der Waals surface area contributed by atoms with E-state index in [-0.39, 0.29) is 35.2 Å². The zero-order valence-corrected chi connectivity index (χ0v) is 15.4. The Labute approximate surface area is 144 Å². The Morgan fingerprint density at radius 2 is 1.91 bits per heavy atom. The minimum atomic E-state index is -3.51. The van der Waals surface area contributed by atoms with Gasteiger partial charge in [0.05, 0.1) is 10.8 Å². The first kappa shape index (κ1) is 19.9. The summed E-state index contributed by atoms with van der Waals surface area (Å²) in [7, 11) is -0.534. The van der Waals surface area contributed by atoms with Crippen LogP contribution in [-0.4, -0.2) is 45.3 Å². The number of fused-ring (bicyclic) bond motifs is 1. The second kappa shape index (κ2) is 7.17. The Morgan fingerprint density at radius 1 is 1.30 bits per heavy atom. The topological polar surface area (TPSA) is 83.7 Å². The largest absolute Gasteiger partial charge is 0.327 e. The summed E-state index contributed by atoms with van der Waals surface area (Å²) in [6.45, 7) is 4.16. The molecule has 130 valence electrons. The maximum absolute atomic E-state index is 12.5. The number of nitrogens with zero attached hydrogens (tertiary/aromatic N) is 2. The SMILES string of the molecule is CC(N)C(C)C(=O)N1CCc2ccc(S(=O)(=O)N(C)C)cc21.Cl. The Hall–Kier alpha value is -1.15. The highest BCUT2D eigenvalue weighted by molar-refractivity contribution is 7.89. The van der Waals surface area contributed by atoms with E-state index in [9.17, 15) is 13.2 Å². The monoisotopic (exact) mass is 361 g/mol. The third kappa shape index (κ3) is 3.68. The molecule has 1 amide bonds. The molecule has 2 unspecified atom stereocenters. The predicted molar refractivity (Wildman–Crippen MR) is 93.4 cm³/mol. The summed E-state index contributed by atoms with van der Waals surface area (Å²) in [6.07, 6.45) is 0.731. The van der Waals surface area contributed by atoms with Gasteiger partial charge in [-0.15, -0.1) is 12.4 Å². The smallest absolute Gasteiger partial charge is 0.242 e. The second-order valence-corrected chi connectivity index (χ2v) is 8.12. The van der Waals surface area contributed by atoms with Gasteiger partial charge in [0.25, 0.3) is 0 Å². The first-order valence-corrected chi connectivity index (χ1v) is 8.72. The Kier molecular flexibility index (Phi) is 6.20. The number of amides is 1. The van der Waals surface area contributed by atoms with Crippen molar-refractivity contribution in [3.63, 3.8) is 0 Å². The second-order valence-electron chi connectivity index (χ2n) is 5.97. The van der Waals surface area contributed by atoms with Crippen molar-refractivity contribution >= 4 is 34.0 Å². The number of rotatable bonds is 4. The highest BCUT2D eigenvalue weighted by Crippen LogP contribution is 2.32. The normalized spacial score (nSPS) is 16.7. The molecule has 2 N–H and O–H groups in total. The molecule has 1 heterocycles. The molecule has 2 rings (SSSR count). The van der Waals surface area contributed by atoms with Crippen LogP contribution >= 0.6 is 12.4 Å². The lowest BCUT2D eigenvalue weighted by atomic mass is 10.0. The van der Waals surface area contributed by atoms with Crippen LogP contribution in [0.1, 0.15) is 19.4 Å². The molecule has 1 aromatic rings. The molecule has 0 spiro atoms. The number of carbonyl (C=O) groups is 1. The number of benzene rings is 1. The minimum Gasteiger partial charge on any atom is -0.327 e. The van der Waals surface area contributed by atoms with Crippen molar-refractivity contribution in [1.82, 2.24) is 4.31 Å². The van der Waals surface area contributed by atoms with Crippen LogP contribution in [0.2, 0.25) is 0 Å². The van der Waals surface area contributed by atoms with E-state index in [2.05, 4.69) is 0 Å². The Morgan fingerprint density at radius 3 is 2.43 bits per heavy atom. The highest BCUT2D eigenvalue weighted by atomic mass is 35.5. The van der Waals surface area contributed by atoms with Gasteiger partial charge >= 0.3 is 0 Å². The molecule has 0 saturated carbocycles.